The van der Waals surface area contributed by atoms with Crippen LogP contribution in [0.25, 0.3) is 0 Å². The molecule has 0 aromatic heterocycles. The number of nitrogens with zero attached hydrogens (tertiary/aromatic N) is 1. The third kappa shape index (κ3) is 6.27. The molecule has 0 spiro atoms. The maximum absolute atomic E-state index is 3.71. The van der Waals surface area contributed by atoms with Crippen molar-refractivity contribution < 1.29 is 0 Å². The van der Waals surface area contributed by atoms with Gasteiger partial charge in [-0.15, -0.1) is 0 Å². The molecule has 0 radical (unpaired) electrons. The minimum atomic E-state index is 0.844. The van der Waals surface area contributed by atoms with Gasteiger partial charge in [0.2, 0.25) is 0 Å². The van der Waals surface area contributed by atoms with Crippen LogP contribution in [0.2, 0.25) is 0 Å². The Morgan fingerprint density at radius 3 is 2.37 bits per heavy atom. The third-order valence-electron chi connectivity index (χ3n) is 4.79. The molecule has 0 bridgehead atoms. The number of hydrogen-bond acceptors (Lipinski definition) is 2. The summed E-state index contributed by atoms with van der Waals surface area (Å²) in [6.07, 6.45) is 11.6. The van der Waals surface area contributed by atoms with Crippen LogP contribution >= 0.6 is 0 Å². The van der Waals surface area contributed by atoms with Crippen LogP contribution in [0.3, 0.4) is 0 Å². The molecule has 0 aromatic carbocycles. The molecule has 2 aliphatic carbocycles. The van der Waals surface area contributed by atoms with Crippen molar-refractivity contribution in [3.63, 3.8) is 0 Å². The first-order chi connectivity index (χ1) is 9.25. The zero-order valence-corrected chi connectivity index (χ0v) is 13.2. The van der Waals surface area contributed by atoms with Gasteiger partial charge in [0, 0.05) is 19.1 Å². The first-order valence-electron chi connectivity index (χ1n) is 8.70. The molecule has 0 atom stereocenters. The van der Waals surface area contributed by atoms with Gasteiger partial charge in [-0.3, -0.25) is 4.90 Å². The smallest absolute Gasteiger partial charge is 0.0110 e. The third-order valence-corrected chi connectivity index (χ3v) is 4.79. The standard InChI is InChI=1S/C17H34N2/c1-15(2)10-12-19(17-8-9-17)13-11-18-14-16-6-4-3-5-7-16/h15-18H,3-14H2,1-2H3. The zero-order chi connectivity index (χ0) is 13.5. The predicted octanol–water partition coefficient (Wildman–Crippen LogP) is 3.67. The fourth-order valence-electron chi connectivity index (χ4n) is 3.26. The van der Waals surface area contributed by atoms with E-state index in [4.69, 9.17) is 0 Å². The Morgan fingerprint density at radius 1 is 1.00 bits per heavy atom. The van der Waals surface area contributed by atoms with Gasteiger partial charge in [0.05, 0.1) is 0 Å². The molecule has 2 rings (SSSR count). The van der Waals surface area contributed by atoms with Crippen LogP contribution in [-0.2, 0) is 0 Å². The molecule has 0 aliphatic heterocycles. The largest absolute Gasteiger partial charge is 0.315 e. The summed E-state index contributed by atoms with van der Waals surface area (Å²) in [7, 11) is 0. The van der Waals surface area contributed by atoms with Crippen LogP contribution in [0.5, 0.6) is 0 Å². The predicted molar refractivity (Wildman–Crippen MR) is 83.5 cm³/mol. The van der Waals surface area contributed by atoms with Gasteiger partial charge >= 0.3 is 0 Å². The van der Waals surface area contributed by atoms with Gasteiger partial charge in [0.25, 0.3) is 0 Å². The number of hydrogen-bond donors (Lipinski definition) is 1. The summed E-state index contributed by atoms with van der Waals surface area (Å²) in [6, 6.07) is 0.926. The molecule has 0 aromatic rings. The van der Waals surface area contributed by atoms with E-state index in [2.05, 4.69) is 24.1 Å². The summed E-state index contributed by atoms with van der Waals surface area (Å²) in [5, 5.41) is 3.71. The van der Waals surface area contributed by atoms with Gasteiger partial charge in [0.15, 0.2) is 0 Å². The Labute approximate surface area is 120 Å². The second kappa shape index (κ2) is 8.26. The van der Waals surface area contributed by atoms with Gasteiger partial charge in [-0.2, -0.15) is 0 Å². The Bertz CT molecular complexity index is 229. The van der Waals surface area contributed by atoms with Crippen molar-refractivity contribution >= 4 is 0 Å². The summed E-state index contributed by atoms with van der Waals surface area (Å²) >= 11 is 0. The monoisotopic (exact) mass is 266 g/mol. The number of nitrogens with one attached hydrogen (secondary N) is 1. The molecular weight excluding hydrogens is 232 g/mol. The van der Waals surface area contributed by atoms with Gasteiger partial charge < -0.3 is 5.32 Å². The van der Waals surface area contributed by atoms with Crippen LogP contribution in [0.4, 0.5) is 0 Å². The average molecular weight is 266 g/mol. The second-order valence-corrected chi connectivity index (χ2v) is 7.16. The van der Waals surface area contributed by atoms with Gasteiger partial charge in [0.1, 0.15) is 0 Å². The van der Waals surface area contributed by atoms with Gasteiger partial charge in [-0.1, -0.05) is 33.1 Å². The van der Waals surface area contributed by atoms with E-state index < -0.39 is 0 Å². The van der Waals surface area contributed by atoms with Crippen molar-refractivity contribution in [3.05, 3.63) is 0 Å². The molecule has 0 heterocycles. The quantitative estimate of drug-likeness (QED) is 0.641. The van der Waals surface area contributed by atoms with Crippen molar-refractivity contribution in [1.82, 2.24) is 10.2 Å². The van der Waals surface area contributed by atoms with Crippen LogP contribution < -0.4 is 5.32 Å². The van der Waals surface area contributed by atoms with E-state index in [0.29, 0.717) is 0 Å². The summed E-state index contributed by atoms with van der Waals surface area (Å²) in [5.41, 5.74) is 0. The van der Waals surface area contributed by atoms with Crippen molar-refractivity contribution in [2.45, 2.75) is 71.3 Å². The maximum atomic E-state index is 3.71. The van der Waals surface area contributed by atoms with E-state index >= 15 is 0 Å². The molecular formula is C17H34N2. The molecule has 1 N–H and O–H groups in total. The maximum Gasteiger partial charge on any atom is 0.0110 e. The molecule has 0 saturated heterocycles. The van der Waals surface area contributed by atoms with Crippen LogP contribution in [0, 0.1) is 11.8 Å². The Morgan fingerprint density at radius 2 is 1.74 bits per heavy atom. The van der Waals surface area contributed by atoms with E-state index in [-0.39, 0.29) is 0 Å². The van der Waals surface area contributed by atoms with E-state index in [1.807, 2.05) is 0 Å². The zero-order valence-electron chi connectivity index (χ0n) is 13.2. The summed E-state index contributed by atoms with van der Waals surface area (Å²) < 4.78 is 0. The minimum Gasteiger partial charge on any atom is -0.315 e. The summed E-state index contributed by atoms with van der Waals surface area (Å²) in [4.78, 5) is 2.73. The normalized spacial score (nSPS) is 21.5. The molecule has 2 saturated carbocycles. The SMILES string of the molecule is CC(C)CCN(CCNCC1CCCCC1)C1CC1. The van der Waals surface area contributed by atoms with Crippen molar-refractivity contribution in [2.24, 2.45) is 11.8 Å². The van der Waals surface area contributed by atoms with E-state index in [1.165, 1.54) is 77.5 Å². The van der Waals surface area contributed by atoms with Gasteiger partial charge in [-0.05, 0) is 57.0 Å². The molecule has 19 heavy (non-hydrogen) atoms. The highest BCUT2D eigenvalue weighted by Crippen LogP contribution is 2.27. The lowest BCUT2D eigenvalue weighted by atomic mass is 9.89. The van der Waals surface area contributed by atoms with Crippen LogP contribution in [0.1, 0.15) is 65.2 Å². The number of rotatable bonds is 9. The van der Waals surface area contributed by atoms with Crippen LogP contribution in [0.15, 0.2) is 0 Å². The highest BCUT2D eigenvalue weighted by Gasteiger charge is 2.28. The Kier molecular flexibility index (Phi) is 6.66. The molecule has 2 fully saturated rings. The highest BCUT2D eigenvalue weighted by atomic mass is 15.2. The molecule has 2 aliphatic rings. The fourth-order valence-corrected chi connectivity index (χ4v) is 3.26. The van der Waals surface area contributed by atoms with Crippen molar-refractivity contribution in [2.75, 3.05) is 26.2 Å². The fraction of sp³-hybridized carbons (Fsp3) is 1.00. The van der Waals surface area contributed by atoms with Crippen LogP contribution in [-0.4, -0.2) is 37.1 Å². The lowest BCUT2D eigenvalue weighted by Crippen LogP contribution is -2.36. The van der Waals surface area contributed by atoms with E-state index in [1.54, 1.807) is 0 Å². The minimum absolute atomic E-state index is 0.844. The molecule has 112 valence electrons. The topological polar surface area (TPSA) is 15.3 Å². The highest BCUT2D eigenvalue weighted by molar-refractivity contribution is 4.85. The van der Waals surface area contributed by atoms with E-state index in [0.717, 1.165) is 17.9 Å². The molecule has 2 heteroatoms. The van der Waals surface area contributed by atoms with Gasteiger partial charge in [-0.25, -0.2) is 0 Å². The molecule has 0 amide bonds. The first kappa shape index (κ1) is 15.3. The first-order valence-corrected chi connectivity index (χ1v) is 8.70. The lowest BCUT2D eigenvalue weighted by molar-refractivity contribution is 0.243. The average Bonchev–Trinajstić information content (AvgIpc) is 3.23. The Balaban J connectivity index is 1.54. The second-order valence-electron chi connectivity index (χ2n) is 7.16. The Hall–Kier alpha value is -0.0800. The molecule has 2 nitrogen and oxygen atoms in total. The summed E-state index contributed by atoms with van der Waals surface area (Å²) in [6.45, 7) is 9.73. The molecule has 0 unspecified atom stereocenters. The lowest BCUT2D eigenvalue weighted by Gasteiger charge is -2.25. The van der Waals surface area contributed by atoms with Crippen molar-refractivity contribution in [1.29, 1.82) is 0 Å². The van der Waals surface area contributed by atoms with E-state index in [9.17, 15) is 0 Å². The van der Waals surface area contributed by atoms with Crippen molar-refractivity contribution in [3.8, 4) is 0 Å². The summed E-state index contributed by atoms with van der Waals surface area (Å²) in [5.74, 6) is 1.82.